The maximum Gasteiger partial charge on any atom is 0.200 e. The molecule has 0 unspecified atom stereocenters. The number of hydrogen-bond acceptors (Lipinski definition) is 5. The van der Waals surface area contributed by atoms with E-state index in [1.54, 1.807) is 7.05 Å². The summed E-state index contributed by atoms with van der Waals surface area (Å²) in [6.07, 6.45) is 5.58. The van der Waals surface area contributed by atoms with Gasteiger partial charge in [0.25, 0.3) is 0 Å². The molecule has 7 heteroatoms. The molecule has 0 aliphatic carbocycles. The fourth-order valence-corrected chi connectivity index (χ4v) is 3.44. The van der Waals surface area contributed by atoms with Gasteiger partial charge in [0, 0.05) is 44.5 Å². The van der Waals surface area contributed by atoms with Crippen LogP contribution in [0, 0.1) is 0 Å². The Kier molecular flexibility index (Phi) is 3.55. The summed E-state index contributed by atoms with van der Waals surface area (Å²) in [7, 11) is 3.69. The maximum atomic E-state index is 12.9. The minimum Gasteiger partial charge on any atom is -0.371 e. The lowest BCUT2D eigenvalue weighted by Gasteiger charge is -2.29. The van der Waals surface area contributed by atoms with Crippen molar-refractivity contribution < 1.29 is 0 Å². The van der Waals surface area contributed by atoms with Crippen LogP contribution in [-0.2, 0) is 14.1 Å². The van der Waals surface area contributed by atoms with Gasteiger partial charge >= 0.3 is 0 Å². The molecule has 0 bridgehead atoms. The molecule has 0 saturated carbocycles. The number of fused-ring (bicyclic) bond motifs is 1. The van der Waals surface area contributed by atoms with Crippen LogP contribution in [0.4, 0.5) is 5.69 Å². The normalized spacial score (nSPS) is 15.2. The summed E-state index contributed by atoms with van der Waals surface area (Å²) in [5.41, 5.74) is 2.60. The molecule has 1 fully saturated rings. The molecule has 3 aromatic rings. The van der Waals surface area contributed by atoms with Crippen molar-refractivity contribution in [2.45, 2.75) is 19.3 Å². The number of tetrazole rings is 1. The van der Waals surface area contributed by atoms with Crippen molar-refractivity contribution in [2.24, 2.45) is 14.1 Å². The quantitative estimate of drug-likeness (QED) is 0.718. The summed E-state index contributed by atoms with van der Waals surface area (Å²) in [5, 5.41) is 12.1. The Hall–Kier alpha value is -2.70. The van der Waals surface area contributed by atoms with Crippen LogP contribution in [0.15, 0.2) is 29.2 Å². The van der Waals surface area contributed by atoms with Crippen molar-refractivity contribution in [1.29, 1.82) is 0 Å². The maximum absolute atomic E-state index is 12.9. The van der Waals surface area contributed by atoms with Crippen LogP contribution in [-0.4, -0.2) is 37.9 Å². The van der Waals surface area contributed by atoms with Gasteiger partial charge in [0.15, 0.2) is 11.3 Å². The molecule has 1 aliphatic heterocycles. The molecule has 0 atom stereocenters. The fourth-order valence-electron chi connectivity index (χ4n) is 3.44. The molecule has 0 N–H and O–H groups in total. The van der Waals surface area contributed by atoms with Gasteiger partial charge in [-0.3, -0.25) is 4.79 Å². The number of hydrogen-bond donors (Lipinski definition) is 0. The standard InChI is InChI=1S/C17H20N6O/c1-21-11-14(17-18-19-20-22(17)2)16(24)13-7-6-12(10-15(13)21)23-8-4-3-5-9-23/h6-7,10-11H,3-5,8-9H2,1-2H3. The van der Waals surface area contributed by atoms with Crippen LogP contribution in [0.25, 0.3) is 22.3 Å². The number of piperidine rings is 1. The third-order valence-electron chi connectivity index (χ3n) is 4.76. The van der Waals surface area contributed by atoms with Crippen molar-refractivity contribution in [3.05, 3.63) is 34.6 Å². The number of aromatic nitrogens is 5. The van der Waals surface area contributed by atoms with E-state index < -0.39 is 0 Å². The predicted molar refractivity (Wildman–Crippen MR) is 93.0 cm³/mol. The van der Waals surface area contributed by atoms with E-state index in [2.05, 4.69) is 26.5 Å². The Balaban J connectivity index is 1.86. The number of rotatable bonds is 2. The van der Waals surface area contributed by atoms with Gasteiger partial charge in [-0.1, -0.05) is 0 Å². The number of pyridine rings is 1. The average molecular weight is 324 g/mol. The summed E-state index contributed by atoms with van der Waals surface area (Å²) < 4.78 is 3.50. The summed E-state index contributed by atoms with van der Waals surface area (Å²) in [6, 6.07) is 6.09. The Morgan fingerprint density at radius 3 is 2.58 bits per heavy atom. The van der Waals surface area contributed by atoms with Crippen LogP contribution >= 0.6 is 0 Å². The highest BCUT2D eigenvalue weighted by molar-refractivity contribution is 5.86. The Morgan fingerprint density at radius 1 is 1.08 bits per heavy atom. The lowest BCUT2D eigenvalue weighted by molar-refractivity contribution is 0.578. The molecular weight excluding hydrogens is 304 g/mol. The highest BCUT2D eigenvalue weighted by Crippen LogP contribution is 2.24. The van der Waals surface area contributed by atoms with Gasteiger partial charge in [0.1, 0.15) is 0 Å². The highest BCUT2D eigenvalue weighted by Gasteiger charge is 2.16. The zero-order chi connectivity index (χ0) is 16.7. The van der Waals surface area contributed by atoms with Crippen LogP contribution in [0.2, 0.25) is 0 Å². The summed E-state index contributed by atoms with van der Waals surface area (Å²) >= 11 is 0. The van der Waals surface area contributed by atoms with Crippen molar-refractivity contribution in [1.82, 2.24) is 24.8 Å². The second-order valence-electron chi connectivity index (χ2n) is 6.36. The first-order chi connectivity index (χ1) is 11.6. The predicted octanol–water partition coefficient (Wildman–Crippen LogP) is 1.72. The highest BCUT2D eigenvalue weighted by atomic mass is 16.1. The van der Waals surface area contributed by atoms with Gasteiger partial charge in [0.05, 0.1) is 11.1 Å². The largest absolute Gasteiger partial charge is 0.371 e. The third kappa shape index (κ3) is 2.36. The molecular formula is C17H20N6O. The fraction of sp³-hybridized carbons (Fsp3) is 0.412. The van der Waals surface area contributed by atoms with Crippen molar-refractivity contribution in [3.8, 4) is 11.4 Å². The first kappa shape index (κ1) is 14.9. The molecule has 0 amide bonds. The molecule has 0 radical (unpaired) electrons. The minimum absolute atomic E-state index is 0.0359. The van der Waals surface area contributed by atoms with Crippen molar-refractivity contribution >= 4 is 16.6 Å². The average Bonchev–Trinajstić information content (AvgIpc) is 3.04. The monoisotopic (exact) mass is 324 g/mol. The number of nitrogens with zero attached hydrogens (tertiary/aromatic N) is 6. The zero-order valence-electron chi connectivity index (χ0n) is 13.9. The van der Waals surface area contributed by atoms with Gasteiger partial charge in [0.2, 0.25) is 0 Å². The van der Waals surface area contributed by atoms with Crippen LogP contribution in [0.1, 0.15) is 19.3 Å². The summed E-state index contributed by atoms with van der Waals surface area (Å²) in [6.45, 7) is 2.17. The summed E-state index contributed by atoms with van der Waals surface area (Å²) in [5.74, 6) is 0.484. The van der Waals surface area contributed by atoms with E-state index in [0.29, 0.717) is 16.8 Å². The molecule has 1 aliphatic rings. The lowest BCUT2D eigenvalue weighted by atomic mass is 10.1. The van der Waals surface area contributed by atoms with Gasteiger partial charge in [-0.15, -0.1) is 5.10 Å². The number of aryl methyl sites for hydroxylation is 2. The molecule has 7 nitrogen and oxygen atoms in total. The molecule has 124 valence electrons. The van der Waals surface area contributed by atoms with E-state index in [1.807, 2.05) is 29.9 Å². The number of anilines is 1. The Bertz CT molecular complexity index is 951. The van der Waals surface area contributed by atoms with Crippen LogP contribution < -0.4 is 10.3 Å². The molecule has 4 rings (SSSR count). The number of benzene rings is 1. The van der Waals surface area contributed by atoms with Crippen molar-refractivity contribution in [3.63, 3.8) is 0 Å². The lowest BCUT2D eigenvalue weighted by Crippen LogP contribution is -2.29. The zero-order valence-corrected chi connectivity index (χ0v) is 13.9. The second-order valence-corrected chi connectivity index (χ2v) is 6.36. The summed E-state index contributed by atoms with van der Waals surface area (Å²) in [4.78, 5) is 15.3. The van der Waals surface area contributed by atoms with Gasteiger partial charge in [-0.05, 0) is 47.9 Å². The van der Waals surface area contributed by atoms with E-state index in [1.165, 1.54) is 29.6 Å². The van der Waals surface area contributed by atoms with Crippen LogP contribution in [0.5, 0.6) is 0 Å². The van der Waals surface area contributed by atoms with E-state index in [-0.39, 0.29) is 5.43 Å². The molecule has 24 heavy (non-hydrogen) atoms. The Labute approximate surface area is 139 Å². The topological polar surface area (TPSA) is 68.8 Å². The second kappa shape index (κ2) is 5.74. The van der Waals surface area contributed by atoms with Crippen molar-refractivity contribution in [2.75, 3.05) is 18.0 Å². The Morgan fingerprint density at radius 2 is 1.88 bits per heavy atom. The molecule has 1 saturated heterocycles. The van der Waals surface area contributed by atoms with E-state index in [4.69, 9.17) is 0 Å². The van der Waals surface area contributed by atoms with Gasteiger partial charge in [-0.25, -0.2) is 4.68 Å². The smallest absolute Gasteiger partial charge is 0.200 e. The minimum atomic E-state index is -0.0359. The first-order valence-electron chi connectivity index (χ1n) is 8.26. The SMILES string of the molecule is Cn1nnnc1-c1cn(C)c2cc(N3CCCCC3)ccc2c1=O. The third-order valence-corrected chi connectivity index (χ3v) is 4.76. The van der Waals surface area contributed by atoms with E-state index >= 15 is 0 Å². The van der Waals surface area contributed by atoms with Gasteiger partial charge < -0.3 is 9.47 Å². The first-order valence-corrected chi connectivity index (χ1v) is 8.26. The molecule has 0 spiro atoms. The van der Waals surface area contributed by atoms with E-state index in [0.717, 1.165) is 18.6 Å². The molecule has 1 aromatic carbocycles. The van der Waals surface area contributed by atoms with E-state index in [9.17, 15) is 4.79 Å². The molecule has 2 aromatic heterocycles. The van der Waals surface area contributed by atoms with Gasteiger partial charge in [-0.2, -0.15) is 0 Å². The van der Waals surface area contributed by atoms with Crippen LogP contribution in [0.3, 0.4) is 0 Å². The molecule has 3 heterocycles.